The van der Waals surface area contributed by atoms with Crippen molar-refractivity contribution in [1.29, 1.82) is 0 Å². The maximum Gasteiger partial charge on any atom is 0.321 e. The second-order valence-electron chi connectivity index (χ2n) is 5.39. The SMILES string of the molecule is CC1(C)CCN(C(=O)Nc2ccc(N)cc2)C1. The van der Waals surface area contributed by atoms with Crippen molar-refractivity contribution in [1.82, 2.24) is 4.90 Å². The monoisotopic (exact) mass is 233 g/mol. The fourth-order valence-electron chi connectivity index (χ4n) is 2.05. The first kappa shape index (κ1) is 11.8. The van der Waals surface area contributed by atoms with Gasteiger partial charge in [-0.15, -0.1) is 0 Å². The van der Waals surface area contributed by atoms with Gasteiger partial charge in [0.05, 0.1) is 0 Å². The van der Waals surface area contributed by atoms with Crippen LogP contribution >= 0.6 is 0 Å². The van der Waals surface area contributed by atoms with Crippen LogP contribution in [-0.4, -0.2) is 24.0 Å². The molecule has 1 aromatic rings. The number of benzene rings is 1. The highest BCUT2D eigenvalue weighted by Gasteiger charge is 2.31. The largest absolute Gasteiger partial charge is 0.399 e. The van der Waals surface area contributed by atoms with Crippen molar-refractivity contribution in [2.75, 3.05) is 24.1 Å². The highest BCUT2D eigenvalue weighted by atomic mass is 16.2. The Labute approximate surface area is 102 Å². The third-order valence-corrected chi connectivity index (χ3v) is 3.13. The predicted octanol–water partition coefficient (Wildman–Crippen LogP) is 2.53. The van der Waals surface area contributed by atoms with Gasteiger partial charge in [0.1, 0.15) is 0 Å². The number of nitrogens with two attached hydrogens (primary N) is 1. The van der Waals surface area contributed by atoms with E-state index >= 15 is 0 Å². The Morgan fingerprint density at radius 1 is 1.35 bits per heavy atom. The van der Waals surface area contributed by atoms with Crippen molar-refractivity contribution in [3.05, 3.63) is 24.3 Å². The van der Waals surface area contributed by atoms with Gasteiger partial charge in [-0.2, -0.15) is 0 Å². The Bertz CT molecular complexity index is 411. The Balaban J connectivity index is 1.96. The molecule has 2 rings (SSSR count). The molecule has 0 spiro atoms. The average Bonchev–Trinajstić information content (AvgIpc) is 2.62. The van der Waals surface area contributed by atoms with Crippen molar-refractivity contribution in [3.8, 4) is 0 Å². The van der Waals surface area contributed by atoms with Crippen LogP contribution in [0.15, 0.2) is 24.3 Å². The molecule has 1 heterocycles. The van der Waals surface area contributed by atoms with E-state index in [2.05, 4.69) is 19.2 Å². The number of hydrogen-bond donors (Lipinski definition) is 2. The summed E-state index contributed by atoms with van der Waals surface area (Å²) in [6.45, 7) is 6.01. The second kappa shape index (κ2) is 4.28. The number of nitrogens with zero attached hydrogens (tertiary/aromatic N) is 1. The second-order valence-corrected chi connectivity index (χ2v) is 5.39. The number of rotatable bonds is 1. The lowest BCUT2D eigenvalue weighted by atomic mass is 9.93. The lowest BCUT2D eigenvalue weighted by Crippen LogP contribution is -2.34. The van der Waals surface area contributed by atoms with Crippen molar-refractivity contribution in [3.63, 3.8) is 0 Å². The van der Waals surface area contributed by atoms with Gasteiger partial charge in [0, 0.05) is 24.5 Å². The van der Waals surface area contributed by atoms with Gasteiger partial charge in [0.25, 0.3) is 0 Å². The van der Waals surface area contributed by atoms with Crippen LogP contribution in [0.4, 0.5) is 16.2 Å². The van der Waals surface area contributed by atoms with E-state index < -0.39 is 0 Å². The molecule has 1 aliphatic rings. The molecule has 1 aliphatic heterocycles. The number of hydrogen-bond acceptors (Lipinski definition) is 2. The van der Waals surface area contributed by atoms with Crippen LogP contribution in [0, 0.1) is 5.41 Å². The zero-order valence-electron chi connectivity index (χ0n) is 10.4. The summed E-state index contributed by atoms with van der Waals surface area (Å²) in [6.07, 6.45) is 1.06. The van der Waals surface area contributed by atoms with Crippen molar-refractivity contribution in [2.45, 2.75) is 20.3 Å². The molecule has 0 unspecified atom stereocenters. The quantitative estimate of drug-likeness (QED) is 0.732. The van der Waals surface area contributed by atoms with E-state index in [9.17, 15) is 4.79 Å². The zero-order chi connectivity index (χ0) is 12.5. The van der Waals surface area contributed by atoms with E-state index in [4.69, 9.17) is 5.73 Å². The standard InChI is InChI=1S/C13H19N3O/c1-13(2)7-8-16(9-13)12(17)15-11-5-3-10(14)4-6-11/h3-6H,7-9,14H2,1-2H3,(H,15,17). The molecule has 0 aromatic heterocycles. The molecule has 17 heavy (non-hydrogen) atoms. The summed E-state index contributed by atoms with van der Waals surface area (Å²) in [5.41, 5.74) is 7.31. The van der Waals surface area contributed by atoms with Crippen LogP contribution in [0.2, 0.25) is 0 Å². The average molecular weight is 233 g/mol. The van der Waals surface area contributed by atoms with E-state index in [0.29, 0.717) is 5.69 Å². The van der Waals surface area contributed by atoms with Gasteiger partial charge in [-0.1, -0.05) is 13.8 Å². The zero-order valence-corrected chi connectivity index (χ0v) is 10.4. The summed E-state index contributed by atoms with van der Waals surface area (Å²) in [7, 11) is 0. The number of urea groups is 1. The van der Waals surface area contributed by atoms with Crippen LogP contribution in [0.25, 0.3) is 0 Å². The Hall–Kier alpha value is -1.71. The third-order valence-electron chi connectivity index (χ3n) is 3.13. The Morgan fingerprint density at radius 3 is 2.53 bits per heavy atom. The van der Waals surface area contributed by atoms with Crippen LogP contribution < -0.4 is 11.1 Å². The van der Waals surface area contributed by atoms with Crippen molar-refractivity contribution < 1.29 is 4.79 Å². The van der Waals surface area contributed by atoms with Gasteiger partial charge in [-0.3, -0.25) is 0 Å². The summed E-state index contributed by atoms with van der Waals surface area (Å²) >= 11 is 0. The minimum absolute atomic E-state index is 0.0275. The summed E-state index contributed by atoms with van der Waals surface area (Å²) in [5.74, 6) is 0. The number of anilines is 2. The lowest BCUT2D eigenvalue weighted by molar-refractivity contribution is 0.217. The number of carbonyl (C=O) groups is 1. The maximum absolute atomic E-state index is 12.0. The van der Waals surface area contributed by atoms with Crippen LogP contribution in [0.1, 0.15) is 20.3 Å². The number of nitrogen functional groups attached to an aromatic ring is 1. The molecule has 92 valence electrons. The van der Waals surface area contributed by atoms with Gasteiger partial charge in [0.2, 0.25) is 0 Å². The van der Waals surface area contributed by atoms with Gasteiger partial charge in [-0.05, 0) is 36.1 Å². The topological polar surface area (TPSA) is 58.4 Å². The molecule has 0 saturated carbocycles. The molecule has 3 N–H and O–H groups in total. The fraction of sp³-hybridized carbons (Fsp3) is 0.462. The summed E-state index contributed by atoms with van der Waals surface area (Å²) in [5, 5.41) is 2.88. The van der Waals surface area contributed by atoms with E-state index in [1.807, 2.05) is 17.0 Å². The molecule has 2 amide bonds. The molecule has 0 radical (unpaired) electrons. The van der Waals surface area contributed by atoms with Crippen LogP contribution in [-0.2, 0) is 0 Å². The molecule has 0 aliphatic carbocycles. The summed E-state index contributed by atoms with van der Waals surface area (Å²) < 4.78 is 0. The normalized spacial score (nSPS) is 18.1. The molecule has 4 heteroatoms. The van der Waals surface area contributed by atoms with Crippen molar-refractivity contribution >= 4 is 17.4 Å². The third kappa shape index (κ3) is 2.90. The first-order chi connectivity index (χ1) is 7.96. The minimum Gasteiger partial charge on any atom is -0.399 e. The summed E-state index contributed by atoms with van der Waals surface area (Å²) in [6, 6.07) is 7.16. The number of carbonyl (C=O) groups excluding carboxylic acids is 1. The maximum atomic E-state index is 12.0. The molecule has 0 atom stereocenters. The van der Waals surface area contributed by atoms with E-state index in [0.717, 1.165) is 25.2 Å². The molecule has 1 aromatic carbocycles. The van der Waals surface area contributed by atoms with Gasteiger partial charge >= 0.3 is 6.03 Å². The predicted molar refractivity (Wildman–Crippen MR) is 69.8 cm³/mol. The molecular weight excluding hydrogens is 214 g/mol. The highest BCUT2D eigenvalue weighted by molar-refractivity contribution is 5.89. The number of nitrogens with one attached hydrogen (secondary N) is 1. The molecule has 4 nitrogen and oxygen atoms in total. The molecular formula is C13H19N3O. The first-order valence-corrected chi connectivity index (χ1v) is 5.88. The van der Waals surface area contributed by atoms with Crippen LogP contribution in [0.3, 0.4) is 0 Å². The molecule has 1 saturated heterocycles. The Kier molecular flexibility index (Phi) is 2.96. The van der Waals surface area contributed by atoms with Crippen LogP contribution in [0.5, 0.6) is 0 Å². The first-order valence-electron chi connectivity index (χ1n) is 5.88. The van der Waals surface area contributed by atoms with Gasteiger partial charge < -0.3 is 16.0 Å². The number of amides is 2. The van der Waals surface area contributed by atoms with E-state index in [1.165, 1.54) is 0 Å². The lowest BCUT2D eigenvalue weighted by Gasteiger charge is -2.20. The fourth-order valence-corrected chi connectivity index (χ4v) is 2.05. The molecule has 1 fully saturated rings. The van der Waals surface area contributed by atoms with Gasteiger partial charge in [0.15, 0.2) is 0 Å². The summed E-state index contributed by atoms with van der Waals surface area (Å²) in [4.78, 5) is 13.8. The van der Waals surface area contributed by atoms with Gasteiger partial charge in [-0.25, -0.2) is 4.79 Å². The van der Waals surface area contributed by atoms with E-state index in [1.54, 1.807) is 12.1 Å². The molecule has 0 bridgehead atoms. The minimum atomic E-state index is -0.0275. The van der Waals surface area contributed by atoms with Crippen molar-refractivity contribution in [2.24, 2.45) is 5.41 Å². The van der Waals surface area contributed by atoms with E-state index in [-0.39, 0.29) is 11.4 Å². The number of likely N-dealkylation sites (tertiary alicyclic amines) is 1. The highest BCUT2D eigenvalue weighted by Crippen LogP contribution is 2.29. The Morgan fingerprint density at radius 2 is 2.00 bits per heavy atom. The smallest absolute Gasteiger partial charge is 0.321 e.